The molecule has 0 atom stereocenters. The first kappa shape index (κ1) is 42.0. The fraction of sp³-hybridized carbons (Fsp3) is 0.889. The number of allylic oxidation sites excluding steroid dienone is 2. The fourth-order valence-corrected chi connectivity index (χ4v) is 7.90. The molecule has 0 heterocycles. The molecule has 0 aliphatic rings. The first-order valence-electron chi connectivity index (χ1n) is 17.8. The fourth-order valence-electron chi connectivity index (χ4n) is 5.22. The Morgan fingerprint density at radius 1 is 0.390 bits per heavy atom. The number of thioether (sulfide) groups is 2. The van der Waals surface area contributed by atoms with E-state index in [0.717, 1.165) is 11.5 Å². The van der Waals surface area contributed by atoms with Crippen LogP contribution in [0.2, 0.25) is 0 Å². The van der Waals surface area contributed by atoms with Gasteiger partial charge in [0.15, 0.2) is 0 Å². The van der Waals surface area contributed by atoms with E-state index < -0.39 is 0 Å². The summed E-state index contributed by atoms with van der Waals surface area (Å²) in [6.45, 7) is 4.59. The molecule has 0 saturated carbocycles. The van der Waals surface area contributed by atoms with Gasteiger partial charge in [-0.1, -0.05) is 216 Å². The zero-order valence-electron chi connectivity index (χ0n) is 27.2. The van der Waals surface area contributed by atoms with E-state index in [9.17, 15) is 0 Å². The molecule has 0 aliphatic heterocycles. The average molecular weight is 670 g/mol. The van der Waals surface area contributed by atoms with Gasteiger partial charge in [0.25, 0.3) is 0 Å². The molecule has 0 aromatic rings. The molecule has 0 spiro atoms. The molecular formula is C36H67Cl3S2. The number of hydrogen-bond acceptors (Lipinski definition) is 2. The van der Waals surface area contributed by atoms with Crippen LogP contribution in [0.15, 0.2) is 19.8 Å². The molecule has 5 heteroatoms. The van der Waals surface area contributed by atoms with Crippen molar-refractivity contribution in [1.82, 2.24) is 0 Å². The van der Waals surface area contributed by atoms with Crippen molar-refractivity contribution in [3.8, 4) is 0 Å². The quantitative estimate of drug-likeness (QED) is 0.0504. The Morgan fingerprint density at radius 3 is 0.878 bits per heavy atom. The first-order chi connectivity index (χ1) is 20.1. The van der Waals surface area contributed by atoms with Gasteiger partial charge in [0, 0.05) is 4.24 Å². The topological polar surface area (TPSA) is 0 Å². The molecule has 0 bridgehead atoms. The predicted molar refractivity (Wildman–Crippen MR) is 198 cm³/mol. The van der Waals surface area contributed by atoms with Gasteiger partial charge in [-0.2, -0.15) is 0 Å². The van der Waals surface area contributed by atoms with Crippen molar-refractivity contribution in [1.29, 1.82) is 0 Å². The Labute approximate surface area is 281 Å². The second-order valence-electron chi connectivity index (χ2n) is 12.0. The van der Waals surface area contributed by atoms with Crippen molar-refractivity contribution in [2.24, 2.45) is 0 Å². The summed E-state index contributed by atoms with van der Waals surface area (Å²) >= 11 is 22.0. The van der Waals surface area contributed by atoms with E-state index in [1.807, 2.05) is 29.6 Å². The van der Waals surface area contributed by atoms with Crippen LogP contribution in [-0.2, 0) is 0 Å². The molecule has 0 fully saturated rings. The average Bonchev–Trinajstić information content (AvgIpc) is 2.96. The van der Waals surface area contributed by atoms with Crippen molar-refractivity contribution in [3.05, 3.63) is 19.8 Å². The van der Waals surface area contributed by atoms with Gasteiger partial charge >= 0.3 is 0 Å². The van der Waals surface area contributed by atoms with Crippen molar-refractivity contribution in [3.63, 3.8) is 0 Å². The predicted octanol–water partition coefficient (Wildman–Crippen LogP) is 16.1. The number of rotatable bonds is 33. The van der Waals surface area contributed by atoms with E-state index in [4.69, 9.17) is 34.8 Å². The molecule has 0 aromatic heterocycles. The van der Waals surface area contributed by atoms with Crippen LogP contribution in [0, 0.1) is 0 Å². The van der Waals surface area contributed by atoms with Crippen LogP contribution in [0.25, 0.3) is 0 Å². The maximum absolute atomic E-state index is 6.27. The second kappa shape index (κ2) is 35.5. The van der Waals surface area contributed by atoms with Crippen LogP contribution < -0.4 is 0 Å². The minimum Gasteiger partial charge on any atom is -0.119 e. The molecule has 0 nitrogen and oxygen atoms in total. The lowest BCUT2D eigenvalue weighted by Gasteiger charge is -2.08. The number of unbranched alkanes of at least 4 members (excludes halogenated alkanes) is 26. The summed E-state index contributed by atoms with van der Waals surface area (Å²) in [7, 11) is 0. The van der Waals surface area contributed by atoms with Crippen LogP contribution in [0.1, 0.15) is 194 Å². The van der Waals surface area contributed by atoms with Crippen molar-refractivity contribution in [2.45, 2.75) is 194 Å². The maximum atomic E-state index is 6.27. The molecule has 41 heavy (non-hydrogen) atoms. The summed E-state index contributed by atoms with van der Waals surface area (Å²) in [5.41, 5.74) is 0. The monoisotopic (exact) mass is 668 g/mol. The zero-order valence-corrected chi connectivity index (χ0v) is 31.1. The van der Waals surface area contributed by atoms with E-state index in [-0.39, 0.29) is 4.49 Å². The first-order valence-corrected chi connectivity index (χ1v) is 20.9. The molecule has 0 rings (SSSR count). The molecule has 0 unspecified atom stereocenters. The van der Waals surface area contributed by atoms with Gasteiger partial charge < -0.3 is 0 Å². The van der Waals surface area contributed by atoms with Gasteiger partial charge in [0.05, 0.1) is 5.03 Å². The summed E-state index contributed by atoms with van der Waals surface area (Å²) in [6, 6.07) is 0. The minimum atomic E-state index is 0.165. The van der Waals surface area contributed by atoms with E-state index >= 15 is 0 Å². The molecule has 0 radical (unpaired) electrons. The molecule has 0 N–H and O–H groups in total. The Balaban J connectivity index is 3.74. The molecule has 0 amide bonds. The lowest BCUT2D eigenvalue weighted by molar-refractivity contribution is 0.538. The molecule has 0 aliphatic carbocycles. The third-order valence-electron chi connectivity index (χ3n) is 7.91. The van der Waals surface area contributed by atoms with E-state index in [0.29, 0.717) is 5.03 Å². The lowest BCUT2D eigenvalue weighted by Crippen LogP contribution is -1.87. The number of hydrogen-bond donors (Lipinski definition) is 0. The van der Waals surface area contributed by atoms with Gasteiger partial charge in [-0.25, -0.2) is 0 Å². The molecular weight excluding hydrogens is 603 g/mol. The SMILES string of the molecule is CCCCCCCCCCCCCCCCSC(=CC(Cl)=C(Cl)Cl)SCCCCCCCCCCCCCCCC. The Hall–Kier alpha value is 1.05. The van der Waals surface area contributed by atoms with Gasteiger partial charge in [-0.3, -0.25) is 0 Å². The van der Waals surface area contributed by atoms with Crippen LogP contribution in [0.5, 0.6) is 0 Å². The summed E-state index contributed by atoms with van der Waals surface area (Å²) < 4.78 is 1.43. The normalized spacial score (nSPS) is 11.2. The Morgan fingerprint density at radius 2 is 0.634 bits per heavy atom. The van der Waals surface area contributed by atoms with Crippen molar-refractivity contribution >= 4 is 58.3 Å². The number of halogens is 3. The Kier molecular flexibility index (Phi) is 36.4. The van der Waals surface area contributed by atoms with Crippen LogP contribution in [0.4, 0.5) is 0 Å². The maximum Gasteiger partial charge on any atom is 0.125 e. The summed E-state index contributed by atoms with van der Waals surface area (Å²) in [5, 5.41) is 0.463. The molecule has 244 valence electrons. The second-order valence-corrected chi connectivity index (χ2v) is 15.8. The highest BCUT2D eigenvalue weighted by Gasteiger charge is 2.04. The highest BCUT2D eigenvalue weighted by molar-refractivity contribution is 8.22. The largest absolute Gasteiger partial charge is 0.125 e. The third kappa shape index (κ3) is 33.8. The zero-order chi connectivity index (χ0) is 30.1. The summed E-state index contributed by atoms with van der Waals surface area (Å²) in [4.78, 5) is 0. The minimum absolute atomic E-state index is 0.165. The van der Waals surface area contributed by atoms with E-state index in [1.54, 1.807) is 0 Å². The summed E-state index contributed by atoms with van der Waals surface area (Å²) in [6.07, 6.45) is 41.3. The van der Waals surface area contributed by atoms with Gasteiger partial charge in [-0.05, 0) is 30.4 Å². The highest BCUT2D eigenvalue weighted by atomic mass is 35.5. The smallest absolute Gasteiger partial charge is 0.119 e. The van der Waals surface area contributed by atoms with Gasteiger partial charge in [0.2, 0.25) is 0 Å². The van der Waals surface area contributed by atoms with Crippen LogP contribution in [-0.4, -0.2) is 11.5 Å². The highest BCUT2D eigenvalue weighted by Crippen LogP contribution is 2.34. The van der Waals surface area contributed by atoms with Crippen LogP contribution >= 0.6 is 58.3 Å². The Bertz CT molecular complexity index is 551. The van der Waals surface area contributed by atoms with Gasteiger partial charge in [0.1, 0.15) is 4.49 Å². The summed E-state index contributed by atoms with van der Waals surface area (Å²) in [5.74, 6) is 2.30. The van der Waals surface area contributed by atoms with Crippen molar-refractivity contribution in [2.75, 3.05) is 11.5 Å². The van der Waals surface area contributed by atoms with Crippen molar-refractivity contribution < 1.29 is 0 Å². The van der Waals surface area contributed by atoms with Crippen LogP contribution in [0.3, 0.4) is 0 Å². The standard InChI is InChI=1S/C36H67Cl3S2/c1-3-5-7-9-11-13-15-17-19-21-23-25-27-29-31-40-35(33-34(37)36(38)39)41-32-30-28-26-24-22-20-18-16-14-12-10-8-6-4-2/h33H,3-32H2,1-2H3. The lowest BCUT2D eigenvalue weighted by atomic mass is 10.0. The van der Waals surface area contributed by atoms with E-state index in [1.165, 1.54) is 184 Å². The van der Waals surface area contributed by atoms with Gasteiger partial charge in [-0.15, -0.1) is 23.5 Å². The molecule has 0 saturated heterocycles. The molecule has 0 aromatic carbocycles. The third-order valence-corrected chi connectivity index (χ3v) is 11.3. The van der Waals surface area contributed by atoms with E-state index in [2.05, 4.69) is 13.8 Å².